The van der Waals surface area contributed by atoms with E-state index in [1.807, 2.05) is 25.3 Å². The number of sulfonamides is 1. The third kappa shape index (κ3) is 5.96. The van der Waals surface area contributed by atoms with E-state index < -0.39 is 16.0 Å². The van der Waals surface area contributed by atoms with E-state index in [4.69, 9.17) is 14.2 Å². The maximum Gasteiger partial charge on any atom is 0.341 e. The minimum Gasteiger partial charge on any atom is -0.492 e. The fourth-order valence-electron chi connectivity index (χ4n) is 3.49. The maximum absolute atomic E-state index is 13.1. The largest absolute Gasteiger partial charge is 0.492 e. The molecule has 1 fully saturated rings. The van der Waals surface area contributed by atoms with Crippen molar-refractivity contribution in [2.45, 2.75) is 36.0 Å². The van der Waals surface area contributed by atoms with Crippen molar-refractivity contribution in [2.24, 2.45) is 5.92 Å². The topological polar surface area (TPSA) is 90.9 Å². The van der Waals surface area contributed by atoms with Gasteiger partial charge in [0, 0.05) is 18.1 Å². The molecule has 1 N–H and O–H groups in total. The summed E-state index contributed by atoms with van der Waals surface area (Å²) in [5.41, 5.74) is 1.49. The molecule has 174 valence electrons. The number of carbonyl (C=O) groups excluding carboxylic acids is 1. The Morgan fingerprint density at radius 3 is 2.59 bits per heavy atom. The molecule has 0 radical (unpaired) electrons. The molecule has 3 rings (SSSR count). The Morgan fingerprint density at radius 2 is 1.94 bits per heavy atom. The molecule has 0 aromatic heterocycles. The third-order valence-corrected chi connectivity index (χ3v) is 7.51. The molecule has 0 aliphatic carbocycles. The Kier molecular flexibility index (Phi) is 8.44. The van der Waals surface area contributed by atoms with Crippen molar-refractivity contribution < 1.29 is 27.4 Å². The smallest absolute Gasteiger partial charge is 0.341 e. The quantitative estimate of drug-likeness (QED) is 0.422. The van der Waals surface area contributed by atoms with Crippen LogP contribution in [0.1, 0.15) is 35.7 Å². The Morgan fingerprint density at radius 1 is 1.19 bits per heavy atom. The van der Waals surface area contributed by atoms with Crippen molar-refractivity contribution in [3.8, 4) is 5.75 Å². The second-order valence-electron chi connectivity index (χ2n) is 7.50. The lowest BCUT2D eigenvalue weighted by Crippen LogP contribution is -2.22. The Balaban J connectivity index is 1.85. The molecule has 0 unspecified atom stereocenters. The molecule has 32 heavy (non-hydrogen) atoms. The van der Waals surface area contributed by atoms with Gasteiger partial charge in [-0.3, -0.25) is 4.72 Å². The van der Waals surface area contributed by atoms with Crippen molar-refractivity contribution in [3.63, 3.8) is 0 Å². The number of nitrogens with one attached hydrogen (secondary N) is 1. The van der Waals surface area contributed by atoms with E-state index in [1.54, 1.807) is 17.8 Å². The van der Waals surface area contributed by atoms with Gasteiger partial charge in [-0.1, -0.05) is 6.92 Å². The van der Waals surface area contributed by atoms with Crippen molar-refractivity contribution in [3.05, 3.63) is 47.5 Å². The zero-order valence-electron chi connectivity index (χ0n) is 18.6. The molecular weight excluding hydrogens is 450 g/mol. The van der Waals surface area contributed by atoms with E-state index in [2.05, 4.69) is 4.72 Å². The number of hydrogen-bond donors (Lipinski definition) is 1. The van der Waals surface area contributed by atoms with Gasteiger partial charge in [-0.15, -0.1) is 11.8 Å². The van der Waals surface area contributed by atoms with Gasteiger partial charge >= 0.3 is 5.97 Å². The van der Waals surface area contributed by atoms with E-state index in [0.29, 0.717) is 43.6 Å². The molecule has 1 heterocycles. The average Bonchev–Trinajstić information content (AvgIpc) is 2.82. The van der Waals surface area contributed by atoms with Gasteiger partial charge in [-0.2, -0.15) is 0 Å². The van der Waals surface area contributed by atoms with Gasteiger partial charge in [-0.05, 0) is 73.4 Å². The molecule has 1 aliphatic heterocycles. The Bertz CT molecular complexity index is 1050. The van der Waals surface area contributed by atoms with Crippen LogP contribution in [0.3, 0.4) is 0 Å². The SMILES string of the molecule is CCc1cc(SC)ccc1NS(=O)(=O)c1ccc(OCC2CCOCC2)c(C(=O)OC)c1. The number of aryl methyl sites for hydroxylation is 1. The molecule has 0 bridgehead atoms. The molecule has 2 aromatic carbocycles. The number of anilines is 1. The van der Waals surface area contributed by atoms with Crippen LogP contribution in [0.4, 0.5) is 5.69 Å². The number of esters is 1. The number of hydrogen-bond acceptors (Lipinski definition) is 7. The summed E-state index contributed by atoms with van der Waals surface area (Å²) in [6.45, 7) is 3.79. The number of ether oxygens (including phenoxy) is 3. The highest BCUT2D eigenvalue weighted by Gasteiger charge is 2.23. The first-order chi connectivity index (χ1) is 15.4. The highest BCUT2D eigenvalue weighted by atomic mass is 32.2. The summed E-state index contributed by atoms with van der Waals surface area (Å²) in [6, 6.07) is 9.85. The van der Waals surface area contributed by atoms with Crippen LogP contribution in [0.25, 0.3) is 0 Å². The predicted molar refractivity (Wildman–Crippen MR) is 125 cm³/mol. The fraction of sp³-hybridized carbons (Fsp3) is 0.435. The maximum atomic E-state index is 13.1. The molecule has 0 atom stereocenters. The molecule has 1 saturated heterocycles. The lowest BCUT2D eigenvalue weighted by molar-refractivity contribution is 0.0483. The van der Waals surface area contributed by atoms with Crippen molar-refractivity contribution in [1.82, 2.24) is 0 Å². The molecule has 0 amide bonds. The summed E-state index contributed by atoms with van der Waals surface area (Å²) in [5.74, 6) is -0.0143. The van der Waals surface area contributed by atoms with Crippen LogP contribution >= 0.6 is 11.8 Å². The Labute approximate surface area is 193 Å². The Hall–Kier alpha value is -2.23. The number of methoxy groups -OCH3 is 1. The summed E-state index contributed by atoms with van der Waals surface area (Å²) in [6.07, 6.45) is 4.43. The van der Waals surface area contributed by atoms with Gasteiger partial charge in [0.25, 0.3) is 10.0 Å². The third-order valence-electron chi connectivity index (χ3n) is 5.42. The highest BCUT2D eigenvalue weighted by molar-refractivity contribution is 7.98. The van der Waals surface area contributed by atoms with Crippen molar-refractivity contribution in [1.29, 1.82) is 0 Å². The fourth-order valence-corrected chi connectivity index (χ4v) is 5.08. The molecule has 0 saturated carbocycles. The van der Waals surface area contributed by atoms with Gasteiger partial charge in [0.1, 0.15) is 11.3 Å². The molecular formula is C23H29NO6S2. The first kappa shape index (κ1) is 24.4. The number of thioether (sulfide) groups is 1. The van der Waals surface area contributed by atoms with Crippen molar-refractivity contribution >= 4 is 33.4 Å². The van der Waals surface area contributed by atoms with Crippen LogP contribution in [-0.4, -0.2) is 47.6 Å². The standard InChI is InChI=1S/C23H29NO6S2/c1-4-17-13-18(31-3)5-7-21(17)24-32(26,27)19-6-8-22(20(14-19)23(25)28-2)30-15-16-9-11-29-12-10-16/h5-8,13-14,16,24H,4,9-12,15H2,1-3H3. The first-order valence-electron chi connectivity index (χ1n) is 10.5. The minimum absolute atomic E-state index is 0.0349. The van der Waals surface area contributed by atoms with E-state index in [-0.39, 0.29) is 10.5 Å². The summed E-state index contributed by atoms with van der Waals surface area (Å²) in [5, 5.41) is 0. The lowest BCUT2D eigenvalue weighted by atomic mass is 10.0. The zero-order chi connectivity index (χ0) is 23.1. The summed E-state index contributed by atoms with van der Waals surface area (Å²) < 4.78 is 44.9. The van der Waals surface area contributed by atoms with Crippen molar-refractivity contribution in [2.75, 3.05) is 37.9 Å². The highest BCUT2D eigenvalue weighted by Crippen LogP contribution is 2.29. The van der Waals surface area contributed by atoms with Gasteiger partial charge in [0.15, 0.2) is 0 Å². The van der Waals surface area contributed by atoms with Gasteiger partial charge in [-0.25, -0.2) is 13.2 Å². The van der Waals surface area contributed by atoms with E-state index in [1.165, 1.54) is 25.3 Å². The molecule has 9 heteroatoms. The second-order valence-corrected chi connectivity index (χ2v) is 10.1. The summed E-state index contributed by atoms with van der Waals surface area (Å²) >= 11 is 1.60. The van der Waals surface area contributed by atoms with Crippen LogP contribution < -0.4 is 9.46 Å². The first-order valence-corrected chi connectivity index (χ1v) is 13.2. The summed E-state index contributed by atoms with van der Waals surface area (Å²) in [4.78, 5) is 13.4. The average molecular weight is 480 g/mol. The number of carbonyl (C=O) groups is 1. The minimum atomic E-state index is -3.92. The van der Waals surface area contributed by atoms with E-state index >= 15 is 0 Å². The van der Waals surface area contributed by atoms with Gasteiger partial charge < -0.3 is 14.2 Å². The van der Waals surface area contributed by atoms with Crippen LogP contribution in [0.15, 0.2) is 46.2 Å². The number of rotatable bonds is 9. The van der Waals surface area contributed by atoms with Gasteiger partial charge in [0.2, 0.25) is 0 Å². The molecule has 1 aliphatic rings. The number of benzene rings is 2. The predicted octanol–water partition coefficient (Wildman–Crippen LogP) is 4.36. The molecule has 2 aromatic rings. The monoisotopic (exact) mass is 479 g/mol. The molecule has 0 spiro atoms. The van der Waals surface area contributed by atoms with Crippen LogP contribution in [0.5, 0.6) is 5.75 Å². The second kappa shape index (κ2) is 11.1. The van der Waals surface area contributed by atoms with Crippen LogP contribution in [0.2, 0.25) is 0 Å². The van der Waals surface area contributed by atoms with E-state index in [0.717, 1.165) is 23.3 Å². The van der Waals surface area contributed by atoms with Crippen LogP contribution in [0, 0.1) is 5.92 Å². The van der Waals surface area contributed by atoms with Crippen LogP contribution in [-0.2, 0) is 25.9 Å². The van der Waals surface area contributed by atoms with Gasteiger partial charge in [0.05, 0.1) is 24.3 Å². The zero-order valence-corrected chi connectivity index (χ0v) is 20.2. The van der Waals surface area contributed by atoms with E-state index in [9.17, 15) is 13.2 Å². The molecule has 7 nitrogen and oxygen atoms in total. The lowest BCUT2D eigenvalue weighted by Gasteiger charge is -2.22. The normalized spacial score (nSPS) is 14.7. The summed E-state index contributed by atoms with van der Waals surface area (Å²) in [7, 11) is -2.66.